The van der Waals surface area contributed by atoms with Crippen LogP contribution >= 0.6 is 0 Å². The van der Waals surface area contributed by atoms with E-state index in [2.05, 4.69) is 12.0 Å². The maximum absolute atomic E-state index is 11.9. The molecule has 0 fully saturated rings. The van der Waals surface area contributed by atoms with Crippen molar-refractivity contribution < 1.29 is 0 Å². The molecule has 0 aliphatic carbocycles. The molecule has 0 amide bonds. The number of aromatic amines is 1. The summed E-state index contributed by atoms with van der Waals surface area (Å²) in [7, 11) is 0. The number of hydrogen-bond donors (Lipinski definition) is 1. The van der Waals surface area contributed by atoms with E-state index in [9.17, 15) is 4.79 Å². The van der Waals surface area contributed by atoms with Gasteiger partial charge >= 0.3 is 0 Å². The van der Waals surface area contributed by atoms with Crippen molar-refractivity contribution in [1.82, 2.24) is 9.78 Å². The zero-order valence-corrected chi connectivity index (χ0v) is 10.6. The maximum atomic E-state index is 11.9. The number of nitrogens with one attached hydrogen (secondary N) is 1. The van der Waals surface area contributed by atoms with Gasteiger partial charge in [0.25, 0.3) is 5.56 Å². The number of hydrogen-bond acceptors (Lipinski definition) is 1. The average molecular weight is 230 g/mol. The van der Waals surface area contributed by atoms with Gasteiger partial charge < -0.3 is 0 Å². The summed E-state index contributed by atoms with van der Waals surface area (Å²) in [6.45, 7) is 6.13. The van der Waals surface area contributed by atoms with Crippen molar-refractivity contribution in [1.29, 1.82) is 0 Å². The number of H-pyrrole nitrogens is 1. The van der Waals surface area contributed by atoms with Gasteiger partial charge in [0, 0.05) is 11.3 Å². The van der Waals surface area contributed by atoms with E-state index in [4.69, 9.17) is 0 Å². The SMILES string of the molecule is CCCc1c(C)n(-c2ccccc2C)[nH]c1=O. The molecule has 1 N–H and O–H groups in total. The van der Waals surface area contributed by atoms with Crippen molar-refractivity contribution in [2.45, 2.75) is 33.6 Å². The first-order chi connectivity index (χ1) is 8.15. The largest absolute Gasteiger partial charge is 0.268 e. The lowest BCUT2D eigenvalue weighted by Crippen LogP contribution is -2.07. The fraction of sp³-hybridized carbons (Fsp3) is 0.357. The van der Waals surface area contributed by atoms with Crippen LogP contribution in [0.5, 0.6) is 0 Å². The first kappa shape index (κ1) is 11.7. The monoisotopic (exact) mass is 230 g/mol. The van der Waals surface area contributed by atoms with Gasteiger partial charge in [0.15, 0.2) is 0 Å². The molecule has 0 aliphatic rings. The van der Waals surface area contributed by atoms with E-state index in [1.165, 1.54) is 0 Å². The van der Waals surface area contributed by atoms with E-state index in [1.807, 2.05) is 42.8 Å². The van der Waals surface area contributed by atoms with Crippen LogP contribution < -0.4 is 5.56 Å². The minimum absolute atomic E-state index is 0.0348. The third kappa shape index (κ3) is 2.05. The number of benzene rings is 1. The van der Waals surface area contributed by atoms with Crippen LogP contribution in [0.2, 0.25) is 0 Å². The first-order valence-corrected chi connectivity index (χ1v) is 6.01. The summed E-state index contributed by atoms with van der Waals surface area (Å²) >= 11 is 0. The molecular formula is C14H18N2O. The summed E-state index contributed by atoms with van der Waals surface area (Å²) in [5.41, 5.74) is 4.16. The van der Waals surface area contributed by atoms with Crippen LogP contribution in [-0.4, -0.2) is 9.78 Å². The molecule has 0 radical (unpaired) electrons. The molecular weight excluding hydrogens is 212 g/mol. The van der Waals surface area contributed by atoms with Crippen LogP contribution in [0.15, 0.2) is 29.1 Å². The third-order valence-corrected chi connectivity index (χ3v) is 3.12. The van der Waals surface area contributed by atoms with Crippen molar-refractivity contribution in [2.75, 3.05) is 0 Å². The summed E-state index contributed by atoms with van der Waals surface area (Å²) in [5, 5.41) is 2.92. The minimum atomic E-state index is 0.0348. The highest BCUT2D eigenvalue weighted by atomic mass is 16.1. The van der Waals surface area contributed by atoms with E-state index < -0.39 is 0 Å². The Bertz CT molecular complexity index is 578. The molecule has 0 saturated heterocycles. The Morgan fingerprint density at radius 3 is 2.59 bits per heavy atom. The van der Waals surface area contributed by atoms with E-state index in [-0.39, 0.29) is 5.56 Å². The molecule has 2 aromatic rings. The van der Waals surface area contributed by atoms with E-state index in [0.717, 1.165) is 35.3 Å². The molecule has 0 saturated carbocycles. The van der Waals surface area contributed by atoms with Gasteiger partial charge in [0.05, 0.1) is 5.69 Å². The Morgan fingerprint density at radius 2 is 1.94 bits per heavy atom. The molecule has 0 atom stereocenters. The van der Waals surface area contributed by atoms with Crippen LogP contribution in [0, 0.1) is 13.8 Å². The van der Waals surface area contributed by atoms with Crippen LogP contribution in [0.25, 0.3) is 5.69 Å². The van der Waals surface area contributed by atoms with Gasteiger partial charge in [-0.15, -0.1) is 0 Å². The fourth-order valence-corrected chi connectivity index (χ4v) is 2.15. The number of rotatable bonds is 3. The molecule has 3 nitrogen and oxygen atoms in total. The average Bonchev–Trinajstić information content (AvgIpc) is 2.58. The Balaban J connectivity index is 2.58. The van der Waals surface area contributed by atoms with Gasteiger partial charge in [-0.1, -0.05) is 31.5 Å². The fourth-order valence-electron chi connectivity index (χ4n) is 2.15. The zero-order valence-electron chi connectivity index (χ0n) is 10.6. The van der Waals surface area contributed by atoms with Gasteiger partial charge in [-0.25, -0.2) is 0 Å². The molecule has 17 heavy (non-hydrogen) atoms. The van der Waals surface area contributed by atoms with Crippen molar-refractivity contribution in [3.8, 4) is 5.69 Å². The summed E-state index contributed by atoms with van der Waals surface area (Å²) < 4.78 is 1.89. The molecule has 0 bridgehead atoms. The second kappa shape index (κ2) is 4.62. The zero-order chi connectivity index (χ0) is 12.4. The van der Waals surface area contributed by atoms with Gasteiger partial charge in [-0.2, -0.15) is 0 Å². The van der Waals surface area contributed by atoms with E-state index in [0.29, 0.717) is 0 Å². The van der Waals surface area contributed by atoms with E-state index in [1.54, 1.807) is 0 Å². The van der Waals surface area contributed by atoms with Crippen molar-refractivity contribution in [2.24, 2.45) is 0 Å². The second-order valence-corrected chi connectivity index (χ2v) is 4.38. The van der Waals surface area contributed by atoms with Gasteiger partial charge in [-0.05, 0) is 31.9 Å². The molecule has 90 valence electrons. The Labute approximate surface area is 101 Å². The van der Waals surface area contributed by atoms with Crippen LogP contribution in [0.4, 0.5) is 0 Å². The topological polar surface area (TPSA) is 37.8 Å². The Hall–Kier alpha value is -1.77. The van der Waals surface area contributed by atoms with Gasteiger partial charge in [0.2, 0.25) is 0 Å². The molecule has 0 spiro atoms. The molecule has 1 heterocycles. The molecule has 3 heteroatoms. The van der Waals surface area contributed by atoms with Crippen molar-refractivity contribution in [3.05, 3.63) is 51.4 Å². The van der Waals surface area contributed by atoms with Gasteiger partial charge in [0.1, 0.15) is 0 Å². The lowest BCUT2D eigenvalue weighted by molar-refractivity contribution is 0.825. The molecule has 1 aromatic heterocycles. The highest BCUT2D eigenvalue weighted by Gasteiger charge is 2.11. The third-order valence-electron chi connectivity index (χ3n) is 3.12. The van der Waals surface area contributed by atoms with E-state index >= 15 is 0 Å². The predicted molar refractivity (Wildman–Crippen MR) is 69.9 cm³/mol. The van der Waals surface area contributed by atoms with Crippen LogP contribution in [0.3, 0.4) is 0 Å². The van der Waals surface area contributed by atoms with Crippen LogP contribution in [0.1, 0.15) is 30.2 Å². The Kier molecular flexibility index (Phi) is 3.18. The molecule has 0 unspecified atom stereocenters. The molecule has 2 rings (SSSR count). The second-order valence-electron chi connectivity index (χ2n) is 4.38. The lowest BCUT2D eigenvalue weighted by atomic mass is 10.1. The highest BCUT2D eigenvalue weighted by molar-refractivity contribution is 5.41. The van der Waals surface area contributed by atoms with Gasteiger partial charge in [-0.3, -0.25) is 14.6 Å². The number of aryl methyl sites for hydroxylation is 1. The summed E-state index contributed by atoms with van der Waals surface area (Å²) in [6, 6.07) is 8.06. The van der Waals surface area contributed by atoms with Crippen molar-refractivity contribution >= 4 is 0 Å². The maximum Gasteiger partial charge on any atom is 0.267 e. The highest BCUT2D eigenvalue weighted by Crippen LogP contribution is 2.15. The predicted octanol–water partition coefficient (Wildman–Crippen LogP) is 2.73. The quantitative estimate of drug-likeness (QED) is 0.865. The molecule has 0 aliphatic heterocycles. The lowest BCUT2D eigenvalue weighted by Gasteiger charge is -2.08. The first-order valence-electron chi connectivity index (χ1n) is 6.01. The Morgan fingerprint density at radius 1 is 1.24 bits per heavy atom. The standard InChI is InChI=1S/C14H18N2O/c1-4-7-12-11(3)16(15-14(12)17)13-9-6-5-8-10(13)2/h5-6,8-9H,4,7H2,1-3H3,(H,15,17). The minimum Gasteiger partial charge on any atom is -0.268 e. The van der Waals surface area contributed by atoms with Crippen LogP contribution in [-0.2, 0) is 6.42 Å². The molecule has 1 aromatic carbocycles. The number of aromatic nitrogens is 2. The summed E-state index contributed by atoms with van der Waals surface area (Å²) in [4.78, 5) is 11.9. The number of para-hydroxylation sites is 1. The number of nitrogens with zero attached hydrogens (tertiary/aromatic N) is 1. The summed E-state index contributed by atoms with van der Waals surface area (Å²) in [5.74, 6) is 0. The smallest absolute Gasteiger partial charge is 0.267 e. The van der Waals surface area contributed by atoms with Crippen molar-refractivity contribution in [3.63, 3.8) is 0 Å². The normalized spacial score (nSPS) is 10.8. The summed E-state index contributed by atoms with van der Waals surface area (Å²) in [6.07, 6.45) is 1.82.